The molecule has 1 N–H and O–H groups in total. The van der Waals surface area contributed by atoms with Gasteiger partial charge in [-0.1, -0.05) is 0 Å². The van der Waals surface area contributed by atoms with Crippen molar-refractivity contribution in [2.24, 2.45) is 0 Å². The highest BCUT2D eigenvalue weighted by Gasteiger charge is 1.94. The Labute approximate surface area is 91.2 Å². The maximum Gasteiger partial charge on any atom is 0.0947 e. The zero-order chi connectivity index (χ0) is 10.9. The summed E-state index contributed by atoms with van der Waals surface area (Å²) in [5, 5.41) is 3.28. The summed E-state index contributed by atoms with van der Waals surface area (Å²) in [7, 11) is 4.08. The van der Waals surface area contributed by atoms with Crippen molar-refractivity contribution in [3.05, 3.63) is 24.2 Å². The first-order valence-electron chi connectivity index (χ1n) is 5.23. The van der Waals surface area contributed by atoms with Gasteiger partial charge >= 0.3 is 0 Å². The lowest BCUT2D eigenvalue weighted by Gasteiger charge is -2.09. The second-order valence-electron chi connectivity index (χ2n) is 3.72. The first-order valence-corrected chi connectivity index (χ1v) is 5.23. The van der Waals surface area contributed by atoms with Crippen molar-refractivity contribution < 1.29 is 9.15 Å². The van der Waals surface area contributed by atoms with Crippen LogP contribution in [0.25, 0.3) is 0 Å². The third-order valence-electron chi connectivity index (χ3n) is 2.02. The normalized spacial score (nSPS) is 11.1. The molecule has 0 aliphatic carbocycles. The predicted molar refractivity (Wildman–Crippen MR) is 59.8 cm³/mol. The van der Waals surface area contributed by atoms with E-state index >= 15 is 0 Å². The summed E-state index contributed by atoms with van der Waals surface area (Å²) in [5.74, 6) is 0. The molecule has 0 aromatic carbocycles. The van der Waals surface area contributed by atoms with Crippen molar-refractivity contribution in [1.29, 1.82) is 0 Å². The topological polar surface area (TPSA) is 37.6 Å². The number of likely N-dealkylation sites (N-methyl/N-ethyl adjacent to an activating group) is 1. The molecule has 4 heteroatoms. The lowest BCUT2D eigenvalue weighted by atomic mass is 10.3. The largest absolute Gasteiger partial charge is 0.472 e. The van der Waals surface area contributed by atoms with Crippen molar-refractivity contribution in [3.8, 4) is 0 Å². The zero-order valence-electron chi connectivity index (χ0n) is 9.53. The van der Waals surface area contributed by atoms with Gasteiger partial charge in [0.15, 0.2) is 0 Å². The van der Waals surface area contributed by atoms with E-state index in [0.29, 0.717) is 0 Å². The fraction of sp³-hybridized carbons (Fsp3) is 0.636. The van der Waals surface area contributed by atoms with E-state index in [1.54, 1.807) is 12.5 Å². The summed E-state index contributed by atoms with van der Waals surface area (Å²) < 4.78 is 10.4. The first-order chi connectivity index (χ1) is 7.29. The van der Waals surface area contributed by atoms with Crippen LogP contribution in [0.1, 0.15) is 5.56 Å². The number of hydrogen-bond donors (Lipinski definition) is 1. The van der Waals surface area contributed by atoms with E-state index in [0.717, 1.165) is 32.8 Å². The van der Waals surface area contributed by atoms with Gasteiger partial charge in [0.2, 0.25) is 0 Å². The second kappa shape index (κ2) is 7.45. The molecular weight excluding hydrogens is 192 g/mol. The van der Waals surface area contributed by atoms with Crippen LogP contribution in [-0.2, 0) is 11.3 Å². The van der Waals surface area contributed by atoms with Gasteiger partial charge in [0.05, 0.1) is 25.7 Å². The van der Waals surface area contributed by atoms with Crippen LogP contribution < -0.4 is 5.32 Å². The van der Waals surface area contributed by atoms with E-state index in [-0.39, 0.29) is 0 Å². The number of hydrogen-bond acceptors (Lipinski definition) is 4. The average Bonchev–Trinajstić information content (AvgIpc) is 2.68. The molecule has 1 aromatic heterocycles. The molecule has 0 aliphatic heterocycles. The van der Waals surface area contributed by atoms with Crippen LogP contribution in [0.4, 0.5) is 0 Å². The van der Waals surface area contributed by atoms with Crippen LogP contribution in [0.5, 0.6) is 0 Å². The molecule has 86 valence electrons. The molecule has 0 spiro atoms. The van der Waals surface area contributed by atoms with Crippen LogP contribution in [0.2, 0.25) is 0 Å². The summed E-state index contributed by atoms with van der Waals surface area (Å²) in [6.45, 7) is 4.24. The molecule has 1 heterocycles. The molecule has 0 atom stereocenters. The van der Waals surface area contributed by atoms with Crippen molar-refractivity contribution in [3.63, 3.8) is 0 Å². The number of nitrogens with zero attached hydrogens (tertiary/aromatic N) is 1. The molecule has 0 aliphatic rings. The Morgan fingerprint density at radius 3 is 2.93 bits per heavy atom. The van der Waals surface area contributed by atoms with Crippen molar-refractivity contribution in [1.82, 2.24) is 10.2 Å². The van der Waals surface area contributed by atoms with Crippen LogP contribution in [0.15, 0.2) is 23.0 Å². The van der Waals surface area contributed by atoms with Crippen molar-refractivity contribution in [2.45, 2.75) is 6.54 Å². The highest BCUT2D eigenvalue weighted by atomic mass is 16.5. The van der Waals surface area contributed by atoms with Crippen LogP contribution in [0.3, 0.4) is 0 Å². The molecule has 0 bridgehead atoms. The number of ether oxygens (including phenoxy) is 1. The van der Waals surface area contributed by atoms with Crippen LogP contribution in [0, 0.1) is 0 Å². The monoisotopic (exact) mass is 212 g/mol. The smallest absolute Gasteiger partial charge is 0.0947 e. The van der Waals surface area contributed by atoms with Gasteiger partial charge in [0, 0.05) is 25.2 Å². The van der Waals surface area contributed by atoms with Gasteiger partial charge in [-0.3, -0.25) is 0 Å². The molecular formula is C11H20N2O2. The standard InChI is InChI=1S/C11H20N2O2/c1-13(2)5-8-14-7-4-12-9-11-3-6-15-10-11/h3,6,10,12H,4-5,7-9H2,1-2H3. The molecule has 15 heavy (non-hydrogen) atoms. The minimum atomic E-state index is 0.756. The minimum Gasteiger partial charge on any atom is -0.472 e. The highest BCUT2D eigenvalue weighted by Crippen LogP contribution is 1.97. The summed E-state index contributed by atoms with van der Waals surface area (Å²) >= 11 is 0. The van der Waals surface area contributed by atoms with Gasteiger partial charge in [-0.25, -0.2) is 0 Å². The second-order valence-corrected chi connectivity index (χ2v) is 3.72. The van der Waals surface area contributed by atoms with Crippen LogP contribution in [-0.4, -0.2) is 45.3 Å². The Morgan fingerprint density at radius 2 is 2.27 bits per heavy atom. The van der Waals surface area contributed by atoms with Gasteiger partial charge in [0.25, 0.3) is 0 Å². The van der Waals surface area contributed by atoms with Crippen molar-refractivity contribution in [2.75, 3.05) is 40.4 Å². The number of rotatable bonds is 8. The maximum atomic E-state index is 5.44. The minimum absolute atomic E-state index is 0.756. The van der Waals surface area contributed by atoms with E-state index in [2.05, 4.69) is 10.2 Å². The molecule has 0 fully saturated rings. The quantitative estimate of drug-likeness (QED) is 0.651. The third-order valence-corrected chi connectivity index (χ3v) is 2.02. The summed E-state index contributed by atoms with van der Waals surface area (Å²) in [5.41, 5.74) is 1.17. The lowest BCUT2D eigenvalue weighted by molar-refractivity contribution is 0.119. The zero-order valence-corrected chi connectivity index (χ0v) is 9.53. The first kappa shape index (κ1) is 12.2. The number of nitrogens with one attached hydrogen (secondary N) is 1. The van der Waals surface area contributed by atoms with E-state index in [4.69, 9.17) is 9.15 Å². The highest BCUT2D eigenvalue weighted by molar-refractivity contribution is 5.04. The fourth-order valence-electron chi connectivity index (χ4n) is 1.12. The Morgan fingerprint density at radius 1 is 1.40 bits per heavy atom. The molecule has 1 rings (SSSR count). The van der Waals surface area contributed by atoms with Crippen LogP contribution >= 0.6 is 0 Å². The molecule has 1 aromatic rings. The lowest BCUT2D eigenvalue weighted by Crippen LogP contribution is -2.22. The van der Waals surface area contributed by atoms with Gasteiger partial charge in [-0.05, 0) is 20.2 Å². The maximum absolute atomic E-state index is 5.44. The summed E-state index contributed by atoms with van der Waals surface area (Å²) in [6, 6.07) is 1.96. The Bertz CT molecular complexity index is 235. The third kappa shape index (κ3) is 6.28. The van der Waals surface area contributed by atoms with Gasteiger partial charge in [-0.15, -0.1) is 0 Å². The molecule has 0 saturated heterocycles. The molecule has 0 unspecified atom stereocenters. The fourth-order valence-corrected chi connectivity index (χ4v) is 1.12. The predicted octanol–water partition coefficient (Wildman–Crippen LogP) is 0.947. The SMILES string of the molecule is CN(C)CCOCCNCc1ccoc1. The molecule has 4 nitrogen and oxygen atoms in total. The van der Waals surface area contributed by atoms with Gasteiger partial charge < -0.3 is 19.4 Å². The van der Waals surface area contributed by atoms with E-state index in [1.807, 2.05) is 20.2 Å². The molecule has 0 amide bonds. The molecule has 0 saturated carbocycles. The Hall–Kier alpha value is -0.840. The molecule has 0 radical (unpaired) electrons. The Kier molecular flexibility index (Phi) is 6.08. The average molecular weight is 212 g/mol. The summed E-state index contributed by atoms with van der Waals surface area (Å²) in [6.07, 6.45) is 3.44. The van der Waals surface area contributed by atoms with Gasteiger partial charge in [-0.2, -0.15) is 0 Å². The van der Waals surface area contributed by atoms with E-state index in [1.165, 1.54) is 5.56 Å². The number of furan rings is 1. The van der Waals surface area contributed by atoms with Crippen molar-refractivity contribution >= 4 is 0 Å². The van der Waals surface area contributed by atoms with E-state index < -0.39 is 0 Å². The Balaban J connectivity index is 1.85. The summed E-state index contributed by atoms with van der Waals surface area (Å²) in [4.78, 5) is 2.11. The van der Waals surface area contributed by atoms with E-state index in [9.17, 15) is 0 Å². The van der Waals surface area contributed by atoms with Gasteiger partial charge in [0.1, 0.15) is 0 Å².